The summed E-state index contributed by atoms with van der Waals surface area (Å²) in [4.78, 5) is 29.6. The maximum atomic E-state index is 14.5. The highest BCUT2D eigenvalue weighted by Gasteiger charge is 2.65. The molecule has 1 saturated carbocycles. The number of rotatable bonds is 11. The van der Waals surface area contributed by atoms with Gasteiger partial charge in [0.2, 0.25) is 5.60 Å². The second kappa shape index (κ2) is 14.8. The predicted octanol–water partition coefficient (Wildman–Crippen LogP) is 4.73. The fourth-order valence-corrected chi connectivity index (χ4v) is 8.15. The lowest BCUT2D eigenvalue weighted by molar-refractivity contribution is -0.204. The smallest absolute Gasteiger partial charge is 0.459 e. The fourth-order valence-electron chi connectivity index (χ4n) is 6.63. The van der Waals surface area contributed by atoms with Crippen LogP contribution in [-0.2, 0) is 37.6 Å². The Bertz CT molecular complexity index is 1890. The van der Waals surface area contributed by atoms with E-state index < -0.39 is 73.9 Å². The molecule has 3 aromatic rings. The minimum atomic E-state index is -4.43. The number of nitrogen functional groups attached to an aromatic ring is 1. The molecule has 1 amide bonds. The summed E-state index contributed by atoms with van der Waals surface area (Å²) in [5, 5.41) is 20.5. The van der Waals surface area contributed by atoms with Gasteiger partial charge in [-0.3, -0.25) is 9.32 Å². The first-order valence-corrected chi connectivity index (χ1v) is 19.0. The first-order chi connectivity index (χ1) is 25.0. The second-order valence-corrected chi connectivity index (χ2v) is 16.5. The molecule has 3 fully saturated rings. The van der Waals surface area contributed by atoms with Crippen molar-refractivity contribution < 1.29 is 46.9 Å². The number of carbonyl (C=O) groups excluding carboxylic acids is 2. The van der Waals surface area contributed by atoms with E-state index >= 15 is 0 Å². The summed E-state index contributed by atoms with van der Waals surface area (Å²) in [5.41, 5.74) is 4.65. The fraction of sp³-hybridized carbons (Fsp3) is 0.571. The Morgan fingerprint density at radius 3 is 2.51 bits per heavy atom. The number of esters is 1. The van der Waals surface area contributed by atoms with Crippen molar-refractivity contribution in [2.45, 2.75) is 121 Å². The molecule has 1 aromatic carbocycles. The van der Waals surface area contributed by atoms with Gasteiger partial charge in [0.1, 0.15) is 66.3 Å². The van der Waals surface area contributed by atoms with Crippen molar-refractivity contribution in [1.29, 1.82) is 5.26 Å². The SMILES string of the molecule is C[C@H](NP(=O)(OC[C@@]1(C#N)O[C@@H](c2ccc3c(N)ncnn23)[C@@H]2OC(C)(C)O[C@@H]21)Oc1ccccc1)C(=O)OC1CCC(NC(=O)OC(C)(C)C)CC1. The van der Waals surface area contributed by atoms with Crippen LogP contribution in [0.1, 0.15) is 79.0 Å². The molecule has 2 aliphatic heterocycles. The van der Waals surface area contributed by atoms with E-state index in [9.17, 15) is 19.4 Å². The zero-order valence-electron chi connectivity index (χ0n) is 30.5. The molecule has 1 aliphatic carbocycles. The van der Waals surface area contributed by atoms with Crippen molar-refractivity contribution in [3.05, 3.63) is 54.5 Å². The number of alkyl carbamates (subject to hydrolysis) is 1. The van der Waals surface area contributed by atoms with Crippen LogP contribution < -0.4 is 20.7 Å². The van der Waals surface area contributed by atoms with Crippen molar-refractivity contribution in [3.8, 4) is 11.8 Å². The van der Waals surface area contributed by atoms with Crippen molar-refractivity contribution in [2.24, 2.45) is 0 Å². The molecule has 4 N–H and O–H groups in total. The number of anilines is 1. The zero-order valence-corrected chi connectivity index (χ0v) is 31.4. The van der Waals surface area contributed by atoms with Gasteiger partial charge in [-0.05, 0) is 91.5 Å². The molecule has 0 radical (unpaired) electrons. The summed E-state index contributed by atoms with van der Waals surface area (Å²) in [7, 11) is -4.43. The van der Waals surface area contributed by atoms with Crippen molar-refractivity contribution in [2.75, 3.05) is 12.3 Å². The average Bonchev–Trinajstić information content (AvgIpc) is 3.74. The molecule has 0 spiro atoms. The highest BCUT2D eigenvalue weighted by atomic mass is 31.2. The Kier molecular flexibility index (Phi) is 10.8. The van der Waals surface area contributed by atoms with Crippen LogP contribution in [0.4, 0.5) is 10.6 Å². The lowest BCUT2D eigenvalue weighted by Gasteiger charge is -2.31. The van der Waals surface area contributed by atoms with Crippen LogP contribution in [0.2, 0.25) is 0 Å². The van der Waals surface area contributed by atoms with Crippen molar-refractivity contribution in [1.82, 2.24) is 25.0 Å². The molecule has 2 aromatic heterocycles. The highest BCUT2D eigenvalue weighted by Crippen LogP contribution is 2.53. The maximum absolute atomic E-state index is 14.5. The van der Waals surface area contributed by atoms with Gasteiger partial charge in [-0.15, -0.1) is 0 Å². The Morgan fingerprint density at radius 2 is 1.83 bits per heavy atom. The Labute approximate surface area is 307 Å². The number of ether oxygens (including phenoxy) is 5. The van der Waals surface area contributed by atoms with E-state index in [0.29, 0.717) is 36.9 Å². The lowest BCUT2D eigenvalue weighted by atomic mass is 9.93. The number of aromatic nitrogens is 3. The molecule has 6 atom stereocenters. The third-order valence-corrected chi connectivity index (χ3v) is 10.6. The number of nitrogens with two attached hydrogens (primary N) is 1. The van der Waals surface area contributed by atoms with Crippen LogP contribution in [0.3, 0.4) is 0 Å². The number of nitrogens with zero attached hydrogens (tertiary/aromatic N) is 4. The van der Waals surface area contributed by atoms with Crippen LogP contribution >= 0.6 is 7.75 Å². The zero-order chi connectivity index (χ0) is 38.2. The summed E-state index contributed by atoms with van der Waals surface area (Å²) in [6.45, 7) is 9.68. The Balaban J connectivity index is 1.16. The van der Waals surface area contributed by atoms with Gasteiger partial charge < -0.3 is 39.3 Å². The van der Waals surface area contributed by atoms with Gasteiger partial charge in [0.05, 0.1) is 5.69 Å². The van der Waals surface area contributed by atoms with Gasteiger partial charge in [-0.25, -0.2) is 18.9 Å². The van der Waals surface area contributed by atoms with Gasteiger partial charge >= 0.3 is 19.8 Å². The van der Waals surface area contributed by atoms with Gasteiger partial charge in [0.15, 0.2) is 11.6 Å². The number of nitrogens with one attached hydrogen (secondary N) is 2. The number of carbonyl (C=O) groups is 2. The number of hydrogen-bond acceptors (Lipinski definition) is 14. The topological polar surface area (TPSA) is 220 Å². The predicted molar refractivity (Wildman–Crippen MR) is 188 cm³/mol. The van der Waals surface area contributed by atoms with Gasteiger partial charge in [-0.2, -0.15) is 15.4 Å². The number of para-hydroxylation sites is 1. The number of amides is 1. The minimum Gasteiger partial charge on any atom is -0.461 e. The second-order valence-electron chi connectivity index (χ2n) is 14.8. The molecule has 4 heterocycles. The molecule has 1 unspecified atom stereocenters. The first-order valence-electron chi connectivity index (χ1n) is 17.5. The molecular formula is C35H46N7O10P. The van der Waals surface area contributed by atoms with Crippen LogP contribution in [0.15, 0.2) is 48.8 Å². The normalized spacial score (nSPS) is 28.3. The van der Waals surface area contributed by atoms with Gasteiger partial charge in [-0.1, -0.05) is 18.2 Å². The van der Waals surface area contributed by atoms with E-state index in [-0.39, 0.29) is 17.6 Å². The quantitative estimate of drug-likeness (QED) is 0.178. The van der Waals surface area contributed by atoms with E-state index in [0.717, 1.165) is 0 Å². The molecule has 53 heavy (non-hydrogen) atoms. The number of hydrogen-bond donors (Lipinski definition) is 3. The summed E-state index contributed by atoms with van der Waals surface area (Å²) in [6.07, 6.45) is -0.107. The number of fused-ring (bicyclic) bond motifs is 2. The Hall–Kier alpha value is -4.30. The first kappa shape index (κ1) is 38.4. The molecule has 0 bridgehead atoms. The lowest BCUT2D eigenvalue weighted by Crippen LogP contribution is -2.46. The maximum Gasteiger partial charge on any atom is 0.459 e. The molecular weight excluding hydrogens is 709 g/mol. The molecule has 18 heteroatoms. The van der Waals surface area contributed by atoms with Crippen LogP contribution in [0, 0.1) is 11.3 Å². The van der Waals surface area contributed by atoms with Crippen molar-refractivity contribution in [3.63, 3.8) is 0 Å². The van der Waals surface area contributed by atoms with E-state index in [1.807, 2.05) is 0 Å². The van der Waals surface area contributed by atoms with Crippen molar-refractivity contribution >= 4 is 31.1 Å². The Morgan fingerprint density at radius 1 is 1.11 bits per heavy atom. The van der Waals surface area contributed by atoms with Crippen LogP contribution in [0.5, 0.6) is 5.75 Å². The average molecular weight is 756 g/mol. The largest absolute Gasteiger partial charge is 0.461 e. The number of benzene rings is 1. The van der Waals surface area contributed by atoms with Crippen LogP contribution in [0.25, 0.3) is 5.52 Å². The molecule has 2 saturated heterocycles. The third-order valence-electron chi connectivity index (χ3n) is 9.02. The van der Waals surface area contributed by atoms with E-state index in [1.54, 1.807) is 81.6 Å². The summed E-state index contributed by atoms with van der Waals surface area (Å²) >= 11 is 0. The molecule has 286 valence electrons. The molecule has 3 aliphatic rings. The van der Waals surface area contributed by atoms with Gasteiger partial charge in [0.25, 0.3) is 0 Å². The summed E-state index contributed by atoms with van der Waals surface area (Å²) in [6, 6.07) is 12.6. The highest BCUT2D eigenvalue weighted by molar-refractivity contribution is 7.52. The standard InChI is InChI=1S/C35H46N7O10P/c1-21(31(43)47-23-14-12-22(13-15-23)40-32(44)51-33(2,3)4)41-53(45,52-24-10-8-7-9-11-24)46-19-35(18-36)29-28(48-34(5,6)50-29)27(49-35)25-16-17-26-30(37)38-20-39-42(25)26/h7-11,16-17,20-23,27-29H,12-15,19H2,1-6H3,(H,40,44)(H,41,45)(H2,37,38,39)/t21-,22?,23?,27-,28-,29-,35+,53?/m0/s1. The summed E-state index contributed by atoms with van der Waals surface area (Å²) in [5.74, 6) is -1.35. The van der Waals surface area contributed by atoms with Gasteiger partial charge in [0, 0.05) is 6.04 Å². The number of nitriles is 1. The minimum absolute atomic E-state index is 0.115. The van der Waals surface area contributed by atoms with Crippen LogP contribution in [-0.4, -0.2) is 80.7 Å². The third kappa shape index (κ3) is 8.75. The van der Waals surface area contributed by atoms with E-state index in [2.05, 4.69) is 26.6 Å². The molecule has 6 rings (SSSR count). The van der Waals surface area contributed by atoms with E-state index in [1.165, 1.54) is 13.3 Å². The monoisotopic (exact) mass is 755 g/mol. The van der Waals surface area contributed by atoms with E-state index in [4.69, 9.17) is 38.5 Å². The molecule has 17 nitrogen and oxygen atoms in total. The summed E-state index contributed by atoms with van der Waals surface area (Å²) < 4.78 is 57.9.